The van der Waals surface area contributed by atoms with Crippen LogP contribution in [0.1, 0.15) is 36.1 Å². The molecule has 14 rings (SSSR count). The van der Waals surface area contributed by atoms with Crippen molar-refractivity contribution in [2.24, 2.45) is 0 Å². The first kappa shape index (κ1) is 39.3. The Hall–Kier alpha value is -8.86. The molecule has 4 nitrogen and oxygen atoms in total. The fourth-order valence-corrected chi connectivity index (χ4v) is 11.9. The van der Waals surface area contributed by atoms with E-state index in [9.17, 15) is 0 Å². The van der Waals surface area contributed by atoms with E-state index >= 15 is 0 Å². The van der Waals surface area contributed by atoms with Gasteiger partial charge in [-0.25, -0.2) is 9.97 Å². The third kappa shape index (κ3) is 5.63. The maximum absolute atomic E-state index is 5.20. The molecule has 1 aliphatic heterocycles. The Bertz CT molecular complexity index is 4080. The van der Waals surface area contributed by atoms with Crippen molar-refractivity contribution in [1.29, 1.82) is 0 Å². The Morgan fingerprint density at radius 3 is 1.64 bits per heavy atom. The van der Waals surface area contributed by atoms with E-state index in [0.29, 0.717) is 5.82 Å². The molecule has 0 N–H and O–H groups in total. The number of fused-ring (bicyclic) bond motifs is 12. The minimum Gasteiger partial charge on any atom is -0.309 e. The number of nitrogens with zero attached hydrogens (tertiary/aromatic N) is 4. The van der Waals surface area contributed by atoms with Gasteiger partial charge in [0.2, 0.25) is 0 Å². The molecule has 0 amide bonds. The summed E-state index contributed by atoms with van der Waals surface area (Å²) in [6.45, 7) is 4.49. The number of aromatic nitrogens is 4. The summed E-state index contributed by atoms with van der Waals surface area (Å²) in [6, 6.07) is 79.4. The van der Waals surface area contributed by atoms with Crippen LogP contribution in [0.2, 0.25) is 0 Å². The van der Waals surface area contributed by atoms with Gasteiger partial charge >= 0.3 is 0 Å². The number of benzene rings is 9. The van der Waals surface area contributed by atoms with E-state index in [1.54, 1.807) is 0 Å². The van der Waals surface area contributed by atoms with Crippen LogP contribution < -0.4 is 0 Å². The first-order valence-electron chi connectivity index (χ1n) is 23.9. The first-order valence-corrected chi connectivity index (χ1v) is 23.9. The summed E-state index contributed by atoms with van der Waals surface area (Å²) >= 11 is 0. The number of allylic oxidation sites excluding steroid dienone is 4. The van der Waals surface area contributed by atoms with E-state index in [-0.39, 0.29) is 0 Å². The highest BCUT2D eigenvalue weighted by Gasteiger charge is 2.50. The minimum absolute atomic E-state index is 0.445. The maximum Gasteiger partial charge on any atom is 0.160 e. The number of hydrogen-bond acceptors (Lipinski definition) is 2. The van der Waals surface area contributed by atoms with Gasteiger partial charge in [0.05, 0.1) is 44.6 Å². The molecule has 3 aromatic heterocycles. The topological polar surface area (TPSA) is 35.6 Å². The molecule has 9 aromatic carbocycles. The summed E-state index contributed by atoms with van der Waals surface area (Å²) in [6.07, 6.45) is 4.51. The van der Waals surface area contributed by atoms with E-state index in [1.165, 1.54) is 88.3 Å². The molecule has 1 aliphatic carbocycles. The molecule has 69 heavy (non-hydrogen) atoms. The summed E-state index contributed by atoms with van der Waals surface area (Å²) in [5, 5.41) is 5.08. The van der Waals surface area contributed by atoms with E-state index in [2.05, 4.69) is 235 Å². The molecular formula is C65H44N4. The molecule has 4 heterocycles. The second-order valence-electron chi connectivity index (χ2n) is 18.4. The van der Waals surface area contributed by atoms with Gasteiger partial charge in [-0.1, -0.05) is 182 Å². The quantitative estimate of drug-likeness (QED) is 0.167. The Labute approximate surface area is 400 Å². The second-order valence-corrected chi connectivity index (χ2v) is 18.4. The fourth-order valence-electron chi connectivity index (χ4n) is 11.9. The molecule has 0 bridgehead atoms. The molecule has 0 saturated heterocycles. The van der Waals surface area contributed by atoms with Gasteiger partial charge in [-0.05, 0) is 107 Å². The van der Waals surface area contributed by atoms with E-state index in [4.69, 9.17) is 9.97 Å². The van der Waals surface area contributed by atoms with Gasteiger partial charge in [0.25, 0.3) is 0 Å². The molecule has 12 aromatic rings. The summed E-state index contributed by atoms with van der Waals surface area (Å²) in [7, 11) is 0. The number of para-hydroxylation sites is 5. The molecule has 0 radical (unpaired) electrons. The van der Waals surface area contributed by atoms with E-state index in [1.807, 2.05) is 18.2 Å². The van der Waals surface area contributed by atoms with Crippen molar-refractivity contribution in [2.45, 2.75) is 19.3 Å². The summed E-state index contributed by atoms with van der Waals surface area (Å²) in [4.78, 5) is 10.4. The predicted octanol–water partition coefficient (Wildman–Crippen LogP) is 16.3. The Kier molecular flexibility index (Phi) is 8.59. The average Bonchev–Trinajstić information content (AvgIpc) is 4.02. The van der Waals surface area contributed by atoms with Gasteiger partial charge < -0.3 is 9.13 Å². The largest absolute Gasteiger partial charge is 0.309 e. The Morgan fingerprint density at radius 2 is 0.957 bits per heavy atom. The monoisotopic (exact) mass is 880 g/mol. The molecule has 1 spiro atoms. The van der Waals surface area contributed by atoms with Crippen molar-refractivity contribution in [3.63, 3.8) is 0 Å². The zero-order chi connectivity index (χ0) is 45.8. The summed E-state index contributed by atoms with van der Waals surface area (Å²) in [5.41, 5.74) is 21.9. The Balaban J connectivity index is 0.862. The molecule has 1 unspecified atom stereocenters. The summed E-state index contributed by atoms with van der Waals surface area (Å²) < 4.78 is 4.86. The summed E-state index contributed by atoms with van der Waals surface area (Å²) in [5.74, 6) is 0.699. The first-order chi connectivity index (χ1) is 34.1. The third-order valence-corrected chi connectivity index (χ3v) is 14.9. The van der Waals surface area contributed by atoms with Gasteiger partial charge in [-0.2, -0.15) is 0 Å². The normalized spacial score (nSPS) is 15.0. The van der Waals surface area contributed by atoms with Crippen LogP contribution in [0.25, 0.3) is 106 Å². The molecule has 2 aliphatic rings. The van der Waals surface area contributed by atoms with Crippen molar-refractivity contribution < 1.29 is 0 Å². The Morgan fingerprint density at radius 1 is 0.420 bits per heavy atom. The van der Waals surface area contributed by atoms with Gasteiger partial charge in [0.15, 0.2) is 5.82 Å². The smallest absolute Gasteiger partial charge is 0.160 e. The van der Waals surface area contributed by atoms with Crippen LogP contribution in [0.3, 0.4) is 0 Å². The highest BCUT2D eigenvalue weighted by molar-refractivity contribution is 6.13. The van der Waals surface area contributed by atoms with E-state index < -0.39 is 5.41 Å². The van der Waals surface area contributed by atoms with Gasteiger partial charge in [0, 0.05) is 43.9 Å². The molecular weight excluding hydrogens is 837 g/mol. The highest BCUT2D eigenvalue weighted by Crippen LogP contribution is 2.60. The zero-order valence-electron chi connectivity index (χ0n) is 38.2. The third-order valence-electron chi connectivity index (χ3n) is 14.9. The van der Waals surface area contributed by atoms with Crippen molar-refractivity contribution in [1.82, 2.24) is 19.1 Å². The number of rotatable bonds is 6. The van der Waals surface area contributed by atoms with E-state index in [0.717, 1.165) is 39.3 Å². The molecule has 1 atom stereocenters. The second kappa shape index (κ2) is 15.1. The van der Waals surface area contributed by atoms with Crippen molar-refractivity contribution in [3.8, 4) is 56.4 Å². The molecule has 0 saturated carbocycles. The highest BCUT2D eigenvalue weighted by atomic mass is 15.0. The number of hydrogen-bond donors (Lipinski definition) is 0. The lowest BCUT2D eigenvalue weighted by atomic mass is 9.65. The van der Waals surface area contributed by atoms with Crippen LogP contribution in [0, 0.1) is 0 Å². The average molecular weight is 881 g/mol. The van der Waals surface area contributed by atoms with Crippen molar-refractivity contribution >= 4 is 49.2 Å². The molecule has 4 heteroatoms. The van der Waals surface area contributed by atoms with Crippen molar-refractivity contribution in [2.75, 3.05) is 0 Å². The SMILES string of the molecule is C/C=C\C1=C(C)C2(c3ccc(-c4ccc(-c5cc(-c6ccc(-n7c8ccccc8c8ccccc87)cc6)nc(-c6ccccc6)n5)cc4)cc31)c1ccccc1-n1c3ccccc3c3cccc2c31. The van der Waals surface area contributed by atoms with Crippen LogP contribution in [0.15, 0.2) is 236 Å². The van der Waals surface area contributed by atoms with Crippen molar-refractivity contribution in [3.05, 3.63) is 258 Å². The van der Waals surface area contributed by atoms with Crippen LogP contribution in [0.5, 0.6) is 0 Å². The van der Waals surface area contributed by atoms with Crippen LogP contribution in [-0.2, 0) is 5.41 Å². The lowest BCUT2D eigenvalue weighted by molar-refractivity contribution is 0.726. The molecule has 0 fully saturated rings. The fraction of sp³-hybridized carbons (Fsp3) is 0.0462. The van der Waals surface area contributed by atoms with Crippen LogP contribution >= 0.6 is 0 Å². The van der Waals surface area contributed by atoms with Gasteiger partial charge in [-0.15, -0.1) is 0 Å². The standard InChI is InChI=1S/C65H44N4/c1-3-16-48-41(2)65(55-23-10-14-28-62(55)69-61-27-13-9-21-51(61)52-22-15-24-56(65)63(52)69)54-38-35-46(39-53(48)54)42-29-31-43(32-30-42)57-40-58(67-64(66-57)45-17-5-4-6-18-45)44-33-36-47(37-34-44)68-59-25-11-7-19-49(59)50-20-8-12-26-60(50)68/h3-40H,1-2H3/b16-3-. The predicted molar refractivity (Wildman–Crippen MR) is 286 cm³/mol. The maximum atomic E-state index is 5.20. The van der Waals surface area contributed by atoms with Gasteiger partial charge in [0.1, 0.15) is 0 Å². The lowest BCUT2D eigenvalue weighted by Gasteiger charge is -2.40. The van der Waals surface area contributed by atoms with Crippen LogP contribution in [0.4, 0.5) is 0 Å². The zero-order valence-corrected chi connectivity index (χ0v) is 38.2. The molecule has 324 valence electrons. The van der Waals surface area contributed by atoms with Gasteiger partial charge in [-0.3, -0.25) is 0 Å². The lowest BCUT2D eigenvalue weighted by Crippen LogP contribution is -2.33. The minimum atomic E-state index is -0.445. The van der Waals surface area contributed by atoms with Crippen LogP contribution in [-0.4, -0.2) is 19.1 Å².